The van der Waals surface area contributed by atoms with Gasteiger partial charge in [-0.3, -0.25) is 4.79 Å². The van der Waals surface area contributed by atoms with Crippen molar-refractivity contribution in [2.45, 2.75) is 45.3 Å². The number of nitrogens with one attached hydrogen (secondary N) is 1. The molecule has 2 N–H and O–H groups in total. The van der Waals surface area contributed by atoms with E-state index in [1.807, 2.05) is 6.92 Å². The molecule has 2 unspecified atom stereocenters. The molecule has 1 fully saturated rings. The lowest BCUT2D eigenvalue weighted by Crippen LogP contribution is -2.42. The average Bonchev–Trinajstić information content (AvgIpc) is 2.98. The third kappa shape index (κ3) is 4.47. The highest BCUT2D eigenvalue weighted by Crippen LogP contribution is 2.33. The molecule has 2 amide bonds. The van der Waals surface area contributed by atoms with E-state index < -0.39 is 35.2 Å². The minimum absolute atomic E-state index is 0.0790. The third-order valence-corrected chi connectivity index (χ3v) is 4.77. The first-order valence-corrected chi connectivity index (χ1v) is 8.53. The van der Waals surface area contributed by atoms with Gasteiger partial charge < -0.3 is 15.3 Å². The first-order valence-electron chi connectivity index (χ1n) is 8.53. The number of carboxylic acid groups (broad SMARTS) is 1. The monoisotopic (exact) mass is 372 g/mol. The first-order chi connectivity index (χ1) is 12.1. The van der Waals surface area contributed by atoms with Gasteiger partial charge in [0, 0.05) is 13.1 Å². The van der Waals surface area contributed by atoms with Crippen molar-refractivity contribution in [1.82, 2.24) is 10.2 Å². The van der Waals surface area contributed by atoms with Crippen LogP contribution >= 0.6 is 0 Å². The first kappa shape index (κ1) is 20.1. The summed E-state index contributed by atoms with van der Waals surface area (Å²) in [6.07, 6.45) is -2.95. The molecule has 1 aliphatic heterocycles. The van der Waals surface area contributed by atoms with Crippen LogP contribution in [0, 0.1) is 5.41 Å². The summed E-state index contributed by atoms with van der Waals surface area (Å²) in [6.45, 7) is 3.84. The third-order valence-electron chi connectivity index (χ3n) is 4.77. The fourth-order valence-corrected chi connectivity index (χ4v) is 3.09. The molecule has 0 spiro atoms. The van der Waals surface area contributed by atoms with Crippen molar-refractivity contribution in [3.63, 3.8) is 0 Å². The van der Waals surface area contributed by atoms with Crippen LogP contribution in [0.4, 0.5) is 18.0 Å². The molecule has 1 aromatic carbocycles. The maximum absolute atomic E-state index is 12.9. The lowest BCUT2D eigenvalue weighted by Gasteiger charge is -2.25. The van der Waals surface area contributed by atoms with Crippen LogP contribution in [0.25, 0.3) is 0 Å². The van der Waals surface area contributed by atoms with Gasteiger partial charge in [-0.25, -0.2) is 4.79 Å². The molecule has 0 aliphatic carbocycles. The highest BCUT2D eigenvalue weighted by atomic mass is 19.4. The Bertz CT molecular complexity index is 678. The Balaban J connectivity index is 2.14. The Labute approximate surface area is 150 Å². The Hall–Kier alpha value is -2.25. The molecule has 8 heteroatoms. The van der Waals surface area contributed by atoms with Gasteiger partial charge in [-0.1, -0.05) is 25.5 Å². The SMILES string of the molecule is CCCC(NC(=O)N1CCC(C)(C(=O)O)C1)c1cccc(C(F)(F)F)c1. The Morgan fingerprint density at radius 2 is 2.08 bits per heavy atom. The molecule has 1 aliphatic rings. The van der Waals surface area contributed by atoms with E-state index in [0.717, 1.165) is 12.1 Å². The minimum atomic E-state index is -4.45. The number of carboxylic acids is 1. The van der Waals surface area contributed by atoms with Gasteiger partial charge in [-0.05, 0) is 37.5 Å². The van der Waals surface area contributed by atoms with Gasteiger partial charge in [0.25, 0.3) is 0 Å². The van der Waals surface area contributed by atoms with Crippen molar-refractivity contribution in [3.05, 3.63) is 35.4 Å². The lowest BCUT2D eigenvalue weighted by molar-refractivity contribution is -0.147. The highest BCUT2D eigenvalue weighted by molar-refractivity contribution is 5.79. The number of nitrogens with zero attached hydrogens (tertiary/aromatic N) is 1. The molecule has 5 nitrogen and oxygen atoms in total. The summed E-state index contributed by atoms with van der Waals surface area (Å²) in [5.41, 5.74) is -1.37. The fraction of sp³-hybridized carbons (Fsp3) is 0.556. The molecular weight excluding hydrogens is 349 g/mol. The maximum atomic E-state index is 12.9. The number of hydrogen-bond acceptors (Lipinski definition) is 2. The van der Waals surface area contributed by atoms with E-state index in [4.69, 9.17) is 0 Å². The molecule has 144 valence electrons. The van der Waals surface area contributed by atoms with E-state index in [-0.39, 0.29) is 6.54 Å². The van der Waals surface area contributed by atoms with Gasteiger partial charge in [0.1, 0.15) is 0 Å². The molecule has 2 rings (SSSR count). The molecule has 1 aromatic rings. The number of carbonyl (C=O) groups is 2. The predicted molar refractivity (Wildman–Crippen MR) is 89.6 cm³/mol. The van der Waals surface area contributed by atoms with Crippen molar-refractivity contribution in [2.75, 3.05) is 13.1 Å². The topological polar surface area (TPSA) is 69.6 Å². The second-order valence-electron chi connectivity index (χ2n) is 6.95. The summed E-state index contributed by atoms with van der Waals surface area (Å²) < 4.78 is 38.8. The van der Waals surface area contributed by atoms with E-state index in [1.165, 1.54) is 11.0 Å². The number of alkyl halides is 3. The molecule has 26 heavy (non-hydrogen) atoms. The smallest absolute Gasteiger partial charge is 0.416 e. The van der Waals surface area contributed by atoms with Crippen LogP contribution in [0.15, 0.2) is 24.3 Å². The second-order valence-corrected chi connectivity index (χ2v) is 6.95. The van der Waals surface area contributed by atoms with Gasteiger partial charge >= 0.3 is 18.2 Å². The predicted octanol–water partition coefficient (Wildman–Crippen LogP) is 4.05. The van der Waals surface area contributed by atoms with Gasteiger partial charge in [-0.2, -0.15) is 13.2 Å². The zero-order chi connectivity index (χ0) is 19.5. The number of benzene rings is 1. The number of aliphatic carboxylic acids is 1. The number of halogens is 3. The Morgan fingerprint density at radius 1 is 1.38 bits per heavy atom. The van der Waals surface area contributed by atoms with Gasteiger partial charge in [-0.15, -0.1) is 0 Å². The van der Waals surface area contributed by atoms with Crippen LogP contribution in [0.1, 0.15) is 50.3 Å². The number of rotatable bonds is 5. The van der Waals surface area contributed by atoms with E-state index in [9.17, 15) is 27.9 Å². The summed E-state index contributed by atoms with van der Waals surface area (Å²) >= 11 is 0. The quantitative estimate of drug-likeness (QED) is 0.819. The van der Waals surface area contributed by atoms with Gasteiger partial charge in [0.15, 0.2) is 0 Å². The Morgan fingerprint density at radius 3 is 2.62 bits per heavy atom. The summed E-state index contributed by atoms with van der Waals surface area (Å²) in [5.74, 6) is -0.962. The highest BCUT2D eigenvalue weighted by Gasteiger charge is 2.42. The zero-order valence-electron chi connectivity index (χ0n) is 14.8. The van der Waals surface area contributed by atoms with Crippen molar-refractivity contribution in [2.24, 2.45) is 5.41 Å². The molecule has 0 aromatic heterocycles. The minimum Gasteiger partial charge on any atom is -0.481 e. The van der Waals surface area contributed by atoms with E-state index >= 15 is 0 Å². The number of carbonyl (C=O) groups excluding carboxylic acids is 1. The summed E-state index contributed by atoms with van der Waals surface area (Å²) in [4.78, 5) is 25.2. The molecule has 0 saturated carbocycles. The zero-order valence-corrected chi connectivity index (χ0v) is 14.8. The van der Waals surface area contributed by atoms with Gasteiger partial charge in [0.2, 0.25) is 0 Å². The van der Waals surface area contributed by atoms with Crippen LogP contribution < -0.4 is 5.32 Å². The normalized spacial score (nSPS) is 21.5. The van der Waals surface area contributed by atoms with Crippen molar-refractivity contribution >= 4 is 12.0 Å². The maximum Gasteiger partial charge on any atom is 0.416 e. The second kappa shape index (κ2) is 7.55. The summed E-state index contributed by atoms with van der Waals surface area (Å²) in [5, 5.41) is 12.0. The van der Waals surface area contributed by atoms with E-state index in [1.54, 1.807) is 13.0 Å². The van der Waals surface area contributed by atoms with E-state index in [0.29, 0.717) is 31.4 Å². The summed E-state index contributed by atoms with van der Waals surface area (Å²) in [6, 6.07) is 3.90. The van der Waals surface area contributed by atoms with Crippen molar-refractivity contribution in [1.29, 1.82) is 0 Å². The van der Waals surface area contributed by atoms with Crippen molar-refractivity contribution < 1.29 is 27.9 Å². The van der Waals surface area contributed by atoms with Crippen LogP contribution in [0.2, 0.25) is 0 Å². The largest absolute Gasteiger partial charge is 0.481 e. The Kier molecular flexibility index (Phi) is 5.83. The lowest BCUT2D eigenvalue weighted by atomic mass is 9.90. The molecule has 1 heterocycles. The molecule has 2 atom stereocenters. The van der Waals surface area contributed by atoms with Crippen molar-refractivity contribution in [3.8, 4) is 0 Å². The standard InChI is InChI=1S/C18H23F3N2O3/c1-3-5-14(12-6-4-7-13(10-12)18(19,20)21)22-16(26)23-9-8-17(2,11-23)15(24)25/h4,6-7,10,14H,3,5,8-9,11H2,1-2H3,(H,22,26)(H,24,25). The van der Waals surface area contributed by atoms with Crippen LogP contribution in [0.3, 0.4) is 0 Å². The number of amides is 2. The van der Waals surface area contributed by atoms with Crippen LogP contribution in [-0.2, 0) is 11.0 Å². The van der Waals surface area contributed by atoms with Crippen LogP contribution in [0.5, 0.6) is 0 Å². The molecular formula is C18H23F3N2O3. The molecule has 1 saturated heterocycles. The van der Waals surface area contributed by atoms with Gasteiger partial charge in [0.05, 0.1) is 17.0 Å². The fourth-order valence-electron chi connectivity index (χ4n) is 3.09. The number of urea groups is 1. The molecule has 0 radical (unpaired) electrons. The van der Waals surface area contributed by atoms with E-state index in [2.05, 4.69) is 5.32 Å². The number of likely N-dealkylation sites (tertiary alicyclic amines) is 1. The summed E-state index contributed by atoms with van der Waals surface area (Å²) in [7, 11) is 0. The average molecular weight is 372 g/mol. The van der Waals surface area contributed by atoms with Crippen LogP contribution in [-0.4, -0.2) is 35.1 Å². The molecule has 0 bridgehead atoms. The number of hydrogen-bond donors (Lipinski definition) is 2.